The Hall–Kier alpha value is -2.12. The molecule has 1 nitrogen and oxygen atoms in total. The molecule has 0 aliphatic heterocycles. The van der Waals surface area contributed by atoms with E-state index in [-0.39, 0.29) is 0 Å². The van der Waals surface area contributed by atoms with Gasteiger partial charge in [0.05, 0.1) is 13.2 Å². The monoisotopic (exact) mass is 470 g/mol. The maximum Gasteiger partial charge on any atom is 0.0681 e. The first-order chi connectivity index (χ1) is 17.0. The van der Waals surface area contributed by atoms with E-state index in [1.165, 1.54) is 71.9 Å². The normalized spacial score (nSPS) is 20.7. The van der Waals surface area contributed by atoms with Crippen LogP contribution in [0.1, 0.15) is 100 Å². The summed E-state index contributed by atoms with van der Waals surface area (Å²) in [6.45, 7) is 10.8. The van der Waals surface area contributed by atoms with Gasteiger partial charge in [-0.25, -0.2) is 0 Å². The highest BCUT2D eigenvalue weighted by molar-refractivity contribution is 5.29. The maximum absolute atomic E-state index is 6.16. The molecule has 0 saturated heterocycles. The molecule has 0 aromatic heterocycles. The lowest BCUT2D eigenvalue weighted by molar-refractivity contribution is 0.172. The van der Waals surface area contributed by atoms with Crippen LogP contribution in [-0.2, 0) is 17.6 Å². The van der Waals surface area contributed by atoms with Crippen molar-refractivity contribution < 1.29 is 4.74 Å². The highest BCUT2D eigenvalue weighted by Crippen LogP contribution is 2.34. The van der Waals surface area contributed by atoms with E-state index in [0.29, 0.717) is 11.8 Å². The van der Waals surface area contributed by atoms with E-state index in [0.717, 1.165) is 37.9 Å². The molecule has 2 atom stereocenters. The first-order valence-electron chi connectivity index (χ1n) is 14.1. The van der Waals surface area contributed by atoms with E-state index in [4.69, 9.17) is 4.74 Å². The molecule has 2 aliphatic rings. The van der Waals surface area contributed by atoms with Crippen molar-refractivity contribution in [2.45, 2.75) is 90.9 Å². The fraction of sp³-hybridized carbons (Fsp3) is 0.529. The maximum atomic E-state index is 6.16. The van der Waals surface area contributed by atoms with Gasteiger partial charge < -0.3 is 4.74 Å². The fourth-order valence-electron chi connectivity index (χ4n) is 5.75. The first-order valence-corrected chi connectivity index (χ1v) is 14.1. The molecule has 0 heterocycles. The minimum Gasteiger partial charge on any atom is -0.373 e. The van der Waals surface area contributed by atoms with E-state index in [9.17, 15) is 0 Å². The zero-order chi connectivity index (χ0) is 24.6. The van der Waals surface area contributed by atoms with Gasteiger partial charge in [-0.15, -0.1) is 0 Å². The van der Waals surface area contributed by atoms with Crippen LogP contribution >= 0.6 is 0 Å². The van der Waals surface area contributed by atoms with Crippen LogP contribution in [-0.4, -0.2) is 13.2 Å². The van der Waals surface area contributed by atoms with Crippen molar-refractivity contribution >= 4 is 0 Å². The van der Waals surface area contributed by atoms with Crippen LogP contribution in [0.5, 0.6) is 0 Å². The quantitative estimate of drug-likeness (QED) is 0.314. The summed E-state index contributed by atoms with van der Waals surface area (Å²) < 4.78 is 6.16. The van der Waals surface area contributed by atoms with Crippen LogP contribution in [0.4, 0.5) is 0 Å². The van der Waals surface area contributed by atoms with Gasteiger partial charge in [0.25, 0.3) is 0 Å². The number of allylic oxidation sites excluding steroid dienone is 2. The smallest absolute Gasteiger partial charge is 0.0681 e. The molecule has 0 radical (unpaired) electrons. The van der Waals surface area contributed by atoms with E-state index in [2.05, 4.69) is 88.4 Å². The van der Waals surface area contributed by atoms with E-state index in [1.54, 1.807) is 0 Å². The van der Waals surface area contributed by atoms with E-state index >= 15 is 0 Å². The molecule has 2 unspecified atom stereocenters. The summed E-state index contributed by atoms with van der Waals surface area (Å²) in [5.74, 6) is 2.78. The average molecular weight is 471 g/mol. The summed E-state index contributed by atoms with van der Waals surface area (Å²) in [4.78, 5) is 0. The van der Waals surface area contributed by atoms with Crippen molar-refractivity contribution in [1.82, 2.24) is 0 Å². The van der Waals surface area contributed by atoms with Crippen molar-refractivity contribution in [2.24, 2.45) is 11.8 Å². The highest BCUT2D eigenvalue weighted by Gasteiger charge is 2.18. The number of hydrogen-bond acceptors (Lipinski definition) is 1. The zero-order valence-electron chi connectivity index (χ0n) is 22.6. The molecule has 2 aromatic rings. The summed E-state index contributed by atoms with van der Waals surface area (Å²) in [7, 11) is 0. The Kier molecular flexibility index (Phi) is 9.44. The summed E-state index contributed by atoms with van der Waals surface area (Å²) in [6, 6.07) is 18.8. The van der Waals surface area contributed by atoms with Gasteiger partial charge in [0, 0.05) is 0 Å². The largest absolute Gasteiger partial charge is 0.373 e. The molecular formula is C34H46O. The third-order valence-electron chi connectivity index (χ3n) is 7.77. The lowest BCUT2D eigenvalue weighted by Gasteiger charge is -2.24. The molecule has 0 bridgehead atoms. The number of hydrogen-bond donors (Lipinski definition) is 0. The molecule has 0 saturated carbocycles. The molecule has 2 aromatic carbocycles. The SMILES string of the molecule is CC(C)Cc1ccc(C2CC=C(COCC3=CCC(c4ccc(CC(C)C)cc4)CC3)CC2)cc1. The Bertz CT molecular complexity index is 893. The second-order valence-electron chi connectivity index (χ2n) is 11.8. The topological polar surface area (TPSA) is 9.23 Å². The molecule has 0 N–H and O–H groups in total. The van der Waals surface area contributed by atoms with Crippen LogP contribution in [0.3, 0.4) is 0 Å². The first kappa shape index (κ1) is 26.0. The van der Waals surface area contributed by atoms with E-state index < -0.39 is 0 Å². The lowest BCUT2D eigenvalue weighted by Crippen LogP contribution is -2.11. The van der Waals surface area contributed by atoms with Crippen LogP contribution in [0.2, 0.25) is 0 Å². The van der Waals surface area contributed by atoms with E-state index in [1.807, 2.05) is 0 Å². The molecule has 0 fully saturated rings. The Morgan fingerprint density at radius 3 is 1.34 bits per heavy atom. The summed E-state index contributed by atoms with van der Waals surface area (Å²) in [6.07, 6.45) is 14.4. The average Bonchev–Trinajstić information content (AvgIpc) is 2.85. The molecule has 0 amide bonds. The van der Waals surface area contributed by atoms with Crippen molar-refractivity contribution in [1.29, 1.82) is 0 Å². The third-order valence-corrected chi connectivity index (χ3v) is 7.77. The second kappa shape index (κ2) is 12.7. The van der Waals surface area contributed by atoms with Crippen LogP contribution in [0.15, 0.2) is 71.8 Å². The Morgan fingerprint density at radius 2 is 1.03 bits per heavy atom. The number of ether oxygens (including phenoxy) is 1. The minimum absolute atomic E-state index is 0.671. The number of benzene rings is 2. The fourth-order valence-corrected chi connectivity index (χ4v) is 5.75. The molecule has 2 aliphatic carbocycles. The molecule has 35 heavy (non-hydrogen) atoms. The Morgan fingerprint density at radius 1 is 0.629 bits per heavy atom. The molecule has 0 spiro atoms. The van der Waals surface area contributed by atoms with Crippen LogP contribution < -0.4 is 0 Å². The summed E-state index contributed by atoms with van der Waals surface area (Å²) in [5.41, 5.74) is 8.93. The van der Waals surface area contributed by atoms with Crippen molar-refractivity contribution in [3.63, 3.8) is 0 Å². The van der Waals surface area contributed by atoms with Crippen molar-refractivity contribution in [2.75, 3.05) is 13.2 Å². The third kappa shape index (κ3) is 7.94. The Balaban J connectivity index is 1.18. The van der Waals surface area contributed by atoms with Gasteiger partial charge in [-0.1, -0.05) is 88.4 Å². The van der Waals surface area contributed by atoms with Gasteiger partial charge >= 0.3 is 0 Å². The minimum atomic E-state index is 0.671. The van der Waals surface area contributed by atoms with Crippen LogP contribution in [0.25, 0.3) is 0 Å². The van der Waals surface area contributed by atoms with Gasteiger partial charge in [0.1, 0.15) is 0 Å². The van der Waals surface area contributed by atoms with Crippen molar-refractivity contribution in [3.05, 3.63) is 94.1 Å². The molecule has 1 heteroatoms. The van der Waals surface area contributed by atoms with Gasteiger partial charge in [-0.05, 0) is 108 Å². The summed E-state index contributed by atoms with van der Waals surface area (Å²) >= 11 is 0. The van der Waals surface area contributed by atoms with Crippen LogP contribution in [0, 0.1) is 11.8 Å². The lowest BCUT2D eigenvalue weighted by atomic mass is 9.84. The van der Waals surface area contributed by atoms with Gasteiger partial charge in [0.2, 0.25) is 0 Å². The zero-order valence-corrected chi connectivity index (χ0v) is 22.6. The molecule has 4 rings (SSSR count). The van der Waals surface area contributed by atoms with Gasteiger partial charge in [-0.3, -0.25) is 0 Å². The molecular weight excluding hydrogens is 424 g/mol. The second-order valence-corrected chi connectivity index (χ2v) is 11.8. The van der Waals surface area contributed by atoms with Crippen molar-refractivity contribution in [3.8, 4) is 0 Å². The standard InChI is InChI=1S/C34H46O/c1-25(2)21-27-5-13-31(14-6-27)33-17-9-29(10-18-33)23-35-24-30-11-19-34(20-12-30)32-15-7-28(8-16-32)22-26(3)4/h5-9,11,13-16,25-26,33-34H,10,12,17-24H2,1-4H3. The predicted molar refractivity (Wildman–Crippen MR) is 150 cm³/mol. The molecule has 188 valence electrons. The highest BCUT2D eigenvalue weighted by atomic mass is 16.5. The van der Waals surface area contributed by atoms with Gasteiger partial charge in [0.15, 0.2) is 0 Å². The number of rotatable bonds is 10. The summed E-state index contributed by atoms with van der Waals surface area (Å²) in [5, 5.41) is 0. The predicted octanol–water partition coefficient (Wildman–Crippen LogP) is 9.19. The Labute approximate surface area is 214 Å². The van der Waals surface area contributed by atoms with Gasteiger partial charge in [-0.2, -0.15) is 0 Å².